The predicted molar refractivity (Wildman–Crippen MR) is 123 cm³/mol. The van der Waals surface area contributed by atoms with E-state index in [1.54, 1.807) is 24.5 Å². The number of aromatic nitrogens is 1. The van der Waals surface area contributed by atoms with E-state index in [0.717, 1.165) is 36.2 Å². The standard InChI is InChI=1S/C25H26FN5O/c1-30-24(17-10-12-27-13-11-17)20-15-18(8-9-22(20)29-30)25(32)28-19-5-4-14-31(16-19)23-7-3-2-6-21(23)26/h2-3,6-13,15,19,24,29H,4-5,14,16H2,1H3,(H,28,32). The van der Waals surface area contributed by atoms with Crippen LogP contribution in [0.1, 0.15) is 40.4 Å². The van der Waals surface area contributed by atoms with Crippen molar-refractivity contribution in [3.63, 3.8) is 0 Å². The molecule has 1 fully saturated rings. The summed E-state index contributed by atoms with van der Waals surface area (Å²) < 4.78 is 14.2. The number of pyridine rings is 1. The van der Waals surface area contributed by atoms with E-state index in [4.69, 9.17) is 0 Å². The second-order valence-electron chi connectivity index (χ2n) is 8.42. The lowest BCUT2D eigenvalue weighted by molar-refractivity contribution is 0.0933. The van der Waals surface area contributed by atoms with Crippen molar-refractivity contribution < 1.29 is 9.18 Å². The molecule has 164 valence electrons. The quantitative estimate of drug-likeness (QED) is 0.654. The molecule has 0 bridgehead atoms. The van der Waals surface area contributed by atoms with Gasteiger partial charge in [-0.2, -0.15) is 0 Å². The Hall–Kier alpha value is -3.45. The second kappa shape index (κ2) is 8.59. The van der Waals surface area contributed by atoms with Gasteiger partial charge in [0.25, 0.3) is 5.91 Å². The second-order valence-corrected chi connectivity index (χ2v) is 8.42. The van der Waals surface area contributed by atoms with Gasteiger partial charge in [-0.1, -0.05) is 12.1 Å². The number of halogens is 1. The average molecular weight is 432 g/mol. The minimum absolute atomic E-state index is 0.00646. The van der Waals surface area contributed by atoms with Crippen LogP contribution in [-0.4, -0.2) is 42.1 Å². The molecule has 1 amide bonds. The smallest absolute Gasteiger partial charge is 0.251 e. The molecule has 1 aromatic heterocycles. The fraction of sp³-hybridized carbons (Fsp3) is 0.280. The van der Waals surface area contributed by atoms with E-state index < -0.39 is 0 Å². The summed E-state index contributed by atoms with van der Waals surface area (Å²) in [6.45, 7) is 1.39. The molecule has 0 aliphatic carbocycles. The van der Waals surface area contributed by atoms with Crippen molar-refractivity contribution in [2.75, 3.05) is 30.5 Å². The first kappa shape index (κ1) is 20.5. The molecular weight excluding hydrogens is 405 g/mol. The number of amides is 1. The van der Waals surface area contributed by atoms with E-state index in [1.807, 2.05) is 53.4 Å². The van der Waals surface area contributed by atoms with E-state index in [0.29, 0.717) is 17.8 Å². The Morgan fingerprint density at radius 2 is 1.97 bits per heavy atom. The number of rotatable bonds is 4. The monoisotopic (exact) mass is 431 g/mol. The zero-order valence-electron chi connectivity index (χ0n) is 18.0. The summed E-state index contributed by atoms with van der Waals surface area (Å²) in [5, 5.41) is 5.20. The number of anilines is 2. The molecule has 2 aliphatic rings. The highest BCUT2D eigenvalue weighted by molar-refractivity contribution is 5.95. The lowest BCUT2D eigenvalue weighted by atomic mass is 9.97. The van der Waals surface area contributed by atoms with Crippen molar-refractivity contribution in [3.8, 4) is 0 Å². The van der Waals surface area contributed by atoms with E-state index in [-0.39, 0.29) is 23.8 Å². The fourth-order valence-electron chi connectivity index (χ4n) is 4.73. The molecule has 32 heavy (non-hydrogen) atoms. The number of fused-ring (bicyclic) bond motifs is 1. The van der Waals surface area contributed by atoms with Gasteiger partial charge in [-0.3, -0.25) is 9.78 Å². The summed E-state index contributed by atoms with van der Waals surface area (Å²) in [7, 11) is 1.99. The Balaban J connectivity index is 1.33. The van der Waals surface area contributed by atoms with E-state index in [9.17, 15) is 9.18 Å². The van der Waals surface area contributed by atoms with Crippen LogP contribution in [0.4, 0.5) is 15.8 Å². The molecule has 3 aromatic rings. The molecule has 1 saturated heterocycles. The van der Waals surface area contributed by atoms with Gasteiger partial charge < -0.3 is 15.6 Å². The molecular formula is C25H26FN5O. The number of carbonyl (C=O) groups excluding carboxylic acids is 1. The maximum absolute atomic E-state index is 14.2. The van der Waals surface area contributed by atoms with Crippen molar-refractivity contribution in [1.82, 2.24) is 15.3 Å². The number of para-hydroxylation sites is 1. The van der Waals surface area contributed by atoms with Gasteiger partial charge in [-0.15, -0.1) is 0 Å². The van der Waals surface area contributed by atoms with Crippen LogP contribution in [0.15, 0.2) is 67.0 Å². The summed E-state index contributed by atoms with van der Waals surface area (Å²) >= 11 is 0. The number of hydrogen-bond acceptors (Lipinski definition) is 5. The summed E-state index contributed by atoms with van der Waals surface area (Å²) in [4.78, 5) is 19.2. The maximum atomic E-state index is 14.2. The van der Waals surface area contributed by atoms with Crippen LogP contribution in [0.5, 0.6) is 0 Å². The molecule has 0 saturated carbocycles. The molecule has 5 rings (SSSR count). The van der Waals surface area contributed by atoms with Gasteiger partial charge in [0.05, 0.1) is 17.4 Å². The van der Waals surface area contributed by atoms with Crippen molar-refractivity contribution >= 4 is 17.3 Å². The van der Waals surface area contributed by atoms with Crippen LogP contribution in [-0.2, 0) is 0 Å². The lowest BCUT2D eigenvalue weighted by Crippen LogP contribution is -2.48. The topological polar surface area (TPSA) is 60.5 Å². The first-order valence-electron chi connectivity index (χ1n) is 10.9. The first-order chi connectivity index (χ1) is 15.6. The van der Waals surface area contributed by atoms with Gasteiger partial charge in [0.15, 0.2) is 0 Å². The largest absolute Gasteiger partial charge is 0.367 e. The molecule has 0 spiro atoms. The number of piperidine rings is 1. The minimum Gasteiger partial charge on any atom is -0.367 e. The summed E-state index contributed by atoms with van der Waals surface area (Å²) in [6.07, 6.45) is 5.35. The third-order valence-electron chi connectivity index (χ3n) is 6.26. The molecule has 0 radical (unpaired) electrons. The zero-order valence-corrected chi connectivity index (χ0v) is 18.0. The summed E-state index contributed by atoms with van der Waals surface area (Å²) in [6, 6.07) is 16.5. The number of carbonyl (C=O) groups is 1. The number of nitrogens with one attached hydrogen (secondary N) is 2. The van der Waals surface area contributed by atoms with Gasteiger partial charge in [-0.05, 0) is 60.9 Å². The van der Waals surface area contributed by atoms with Gasteiger partial charge >= 0.3 is 0 Å². The highest BCUT2D eigenvalue weighted by Crippen LogP contribution is 2.38. The molecule has 2 N–H and O–H groups in total. The Morgan fingerprint density at radius 1 is 1.16 bits per heavy atom. The molecule has 7 heteroatoms. The third kappa shape index (κ3) is 3.91. The van der Waals surface area contributed by atoms with E-state index >= 15 is 0 Å². The number of hydrazine groups is 1. The van der Waals surface area contributed by atoms with Crippen LogP contribution in [0.2, 0.25) is 0 Å². The fourth-order valence-corrected chi connectivity index (χ4v) is 4.73. The van der Waals surface area contributed by atoms with E-state index in [2.05, 4.69) is 15.7 Å². The Bertz CT molecular complexity index is 1120. The third-order valence-corrected chi connectivity index (χ3v) is 6.26. The maximum Gasteiger partial charge on any atom is 0.251 e. The number of benzene rings is 2. The minimum atomic E-state index is -0.225. The molecule has 2 aromatic carbocycles. The van der Waals surface area contributed by atoms with Crippen LogP contribution in [0.25, 0.3) is 0 Å². The lowest BCUT2D eigenvalue weighted by Gasteiger charge is -2.35. The van der Waals surface area contributed by atoms with Gasteiger partial charge in [-0.25, -0.2) is 9.40 Å². The Labute approximate surface area is 187 Å². The van der Waals surface area contributed by atoms with Crippen LogP contribution < -0.4 is 15.6 Å². The summed E-state index contributed by atoms with van der Waals surface area (Å²) in [5.74, 6) is -0.326. The molecule has 2 aliphatic heterocycles. The van der Waals surface area contributed by atoms with Gasteiger partial charge in [0, 0.05) is 49.7 Å². The Morgan fingerprint density at radius 3 is 2.78 bits per heavy atom. The van der Waals surface area contributed by atoms with Crippen molar-refractivity contribution in [1.29, 1.82) is 0 Å². The van der Waals surface area contributed by atoms with Gasteiger partial charge in [0.2, 0.25) is 0 Å². The number of hydrogen-bond donors (Lipinski definition) is 2. The normalized spacial score (nSPS) is 20.5. The number of nitrogens with zero attached hydrogens (tertiary/aromatic N) is 3. The molecule has 2 atom stereocenters. The highest BCUT2D eigenvalue weighted by atomic mass is 19.1. The summed E-state index contributed by atoms with van der Waals surface area (Å²) in [5.41, 5.74) is 7.75. The van der Waals surface area contributed by atoms with Crippen LogP contribution in [0.3, 0.4) is 0 Å². The van der Waals surface area contributed by atoms with Gasteiger partial charge in [0.1, 0.15) is 5.82 Å². The highest BCUT2D eigenvalue weighted by Gasteiger charge is 2.30. The first-order valence-corrected chi connectivity index (χ1v) is 10.9. The Kier molecular flexibility index (Phi) is 5.49. The van der Waals surface area contributed by atoms with Crippen LogP contribution in [0, 0.1) is 5.82 Å². The van der Waals surface area contributed by atoms with E-state index in [1.165, 1.54) is 6.07 Å². The van der Waals surface area contributed by atoms with Crippen LogP contribution >= 0.6 is 0 Å². The van der Waals surface area contributed by atoms with Crippen molar-refractivity contribution in [2.24, 2.45) is 0 Å². The average Bonchev–Trinajstić information content (AvgIpc) is 3.15. The van der Waals surface area contributed by atoms with Crippen molar-refractivity contribution in [3.05, 3.63) is 89.5 Å². The zero-order chi connectivity index (χ0) is 22.1. The molecule has 6 nitrogen and oxygen atoms in total. The molecule has 3 heterocycles. The molecule has 2 unspecified atom stereocenters. The SMILES string of the molecule is CN1Nc2ccc(C(=O)NC3CCCN(c4ccccc4F)C3)cc2C1c1ccncc1. The van der Waals surface area contributed by atoms with Crippen molar-refractivity contribution in [2.45, 2.75) is 24.9 Å². The predicted octanol–water partition coefficient (Wildman–Crippen LogP) is 3.98.